The van der Waals surface area contributed by atoms with Crippen molar-refractivity contribution in [3.63, 3.8) is 0 Å². The summed E-state index contributed by atoms with van der Waals surface area (Å²) in [5.74, 6) is 0.853. The van der Waals surface area contributed by atoms with Gasteiger partial charge in [0.05, 0.1) is 16.8 Å². The molecule has 0 amide bonds. The first-order valence-corrected chi connectivity index (χ1v) is 12.6. The van der Waals surface area contributed by atoms with E-state index in [1.54, 1.807) is 11.6 Å². The molecule has 30 heavy (non-hydrogen) atoms. The molecule has 0 aliphatic heterocycles. The summed E-state index contributed by atoms with van der Waals surface area (Å²) in [5, 5.41) is 0. The fourth-order valence-electron chi connectivity index (χ4n) is 4.62. The van der Waals surface area contributed by atoms with Crippen LogP contribution in [0.2, 0.25) is 0 Å². The molecule has 7 heteroatoms. The van der Waals surface area contributed by atoms with Crippen LogP contribution in [0.25, 0.3) is 22.2 Å². The number of aromatic nitrogens is 3. The average Bonchev–Trinajstić information content (AvgIpc) is 3.27. The van der Waals surface area contributed by atoms with Crippen LogP contribution >= 0.6 is 0 Å². The number of pyridine rings is 1. The largest absolute Gasteiger partial charge is 0.328 e. The van der Waals surface area contributed by atoms with E-state index in [1.807, 2.05) is 19.2 Å². The molecule has 1 aromatic carbocycles. The number of fused-ring (bicyclic) bond motifs is 2. The molecule has 0 spiro atoms. The molecule has 3 aromatic rings. The van der Waals surface area contributed by atoms with Gasteiger partial charge in [-0.05, 0) is 61.4 Å². The van der Waals surface area contributed by atoms with Crippen LogP contribution in [0.5, 0.6) is 0 Å². The zero-order valence-electron chi connectivity index (χ0n) is 18.2. The van der Waals surface area contributed by atoms with E-state index in [0.29, 0.717) is 0 Å². The third kappa shape index (κ3) is 3.71. The van der Waals surface area contributed by atoms with Gasteiger partial charge in [-0.1, -0.05) is 13.3 Å². The maximum Gasteiger partial charge on any atom is 0.253 e. The molecule has 0 saturated carbocycles. The molecule has 0 radical (unpaired) electrons. The third-order valence-corrected chi connectivity index (χ3v) is 6.87. The predicted octanol–water partition coefficient (Wildman–Crippen LogP) is 3.54. The van der Waals surface area contributed by atoms with Gasteiger partial charge in [-0.3, -0.25) is 4.79 Å². The summed E-state index contributed by atoms with van der Waals surface area (Å²) in [6.45, 7) is 4.98. The Hall–Kier alpha value is -2.41. The maximum atomic E-state index is 12.6. The molecule has 1 aliphatic rings. The van der Waals surface area contributed by atoms with Crippen LogP contribution in [0, 0.1) is 6.92 Å². The van der Waals surface area contributed by atoms with Crippen molar-refractivity contribution in [1.82, 2.24) is 14.1 Å². The third-order valence-electron chi connectivity index (χ3n) is 6.03. The summed E-state index contributed by atoms with van der Waals surface area (Å²) >= 11 is 0. The summed E-state index contributed by atoms with van der Waals surface area (Å²) in [6.07, 6.45) is 7.94. The summed E-state index contributed by atoms with van der Waals surface area (Å²) in [7, 11) is -1.43. The molecule has 1 aliphatic carbocycles. The normalized spacial score (nSPS) is 13.9. The summed E-state index contributed by atoms with van der Waals surface area (Å²) in [6, 6.07) is 4.08. The van der Waals surface area contributed by atoms with E-state index in [9.17, 15) is 13.2 Å². The van der Waals surface area contributed by atoms with Gasteiger partial charge >= 0.3 is 0 Å². The highest BCUT2D eigenvalue weighted by molar-refractivity contribution is 7.89. The molecule has 0 saturated heterocycles. The molecule has 0 atom stereocenters. The second-order valence-electron chi connectivity index (χ2n) is 8.51. The summed E-state index contributed by atoms with van der Waals surface area (Å²) in [4.78, 5) is 17.3. The van der Waals surface area contributed by atoms with Gasteiger partial charge in [0.2, 0.25) is 0 Å². The summed E-state index contributed by atoms with van der Waals surface area (Å²) < 4.78 is 28.2. The fraction of sp³-hybridized carbons (Fsp3) is 0.478. The molecule has 6 nitrogen and oxygen atoms in total. The van der Waals surface area contributed by atoms with Crippen molar-refractivity contribution in [1.29, 1.82) is 0 Å². The van der Waals surface area contributed by atoms with Gasteiger partial charge in [0.1, 0.15) is 5.82 Å². The average molecular weight is 428 g/mol. The van der Waals surface area contributed by atoms with Gasteiger partial charge in [0.15, 0.2) is 9.84 Å². The SMILES string of the molecule is CCCCn1c(C)nc2c(CS(C)(=O)=O)cc(-c3cn(C)c(=O)c4c3CCC4)cc21. The highest BCUT2D eigenvalue weighted by Crippen LogP contribution is 2.34. The first-order chi connectivity index (χ1) is 14.2. The molecule has 4 rings (SSSR count). The van der Waals surface area contributed by atoms with E-state index in [4.69, 9.17) is 4.98 Å². The van der Waals surface area contributed by atoms with E-state index in [1.165, 1.54) is 6.26 Å². The highest BCUT2D eigenvalue weighted by atomic mass is 32.2. The maximum absolute atomic E-state index is 12.6. The second kappa shape index (κ2) is 7.69. The molecule has 160 valence electrons. The van der Waals surface area contributed by atoms with E-state index in [2.05, 4.69) is 17.6 Å². The number of benzene rings is 1. The van der Waals surface area contributed by atoms with Gasteiger partial charge in [-0.25, -0.2) is 13.4 Å². The van der Waals surface area contributed by atoms with Gasteiger partial charge < -0.3 is 9.13 Å². The van der Waals surface area contributed by atoms with Crippen LogP contribution in [0.1, 0.15) is 48.7 Å². The second-order valence-corrected chi connectivity index (χ2v) is 10.6. The lowest BCUT2D eigenvalue weighted by Crippen LogP contribution is -2.21. The number of hydrogen-bond acceptors (Lipinski definition) is 4. The monoisotopic (exact) mass is 427 g/mol. The number of aryl methyl sites for hydroxylation is 3. The molecule has 0 unspecified atom stereocenters. The van der Waals surface area contributed by atoms with E-state index in [-0.39, 0.29) is 11.3 Å². The predicted molar refractivity (Wildman–Crippen MR) is 121 cm³/mol. The van der Waals surface area contributed by atoms with Crippen molar-refractivity contribution in [3.05, 3.63) is 51.2 Å². The van der Waals surface area contributed by atoms with E-state index < -0.39 is 9.84 Å². The number of unbranched alkanes of at least 4 members (excludes halogenated alkanes) is 1. The first-order valence-electron chi connectivity index (χ1n) is 10.6. The van der Waals surface area contributed by atoms with Crippen molar-refractivity contribution < 1.29 is 8.42 Å². The molecule has 2 aromatic heterocycles. The zero-order chi connectivity index (χ0) is 21.6. The fourth-order valence-corrected chi connectivity index (χ4v) is 5.41. The number of sulfone groups is 1. The molecule has 2 heterocycles. The molecule has 0 N–H and O–H groups in total. The van der Waals surface area contributed by atoms with Crippen molar-refractivity contribution in [2.45, 2.75) is 58.2 Å². The Morgan fingerprint density at radius 3 is 2.60 bits per heavy atom. The molecular weight excluding hydrogens is 398 g/mol. The van der Waals surface area contributed by atoms with Crippen LogP contribution in [0.15, 0.2) is 23.1 Å². The minimum Gasteiger partial charge on any atom is -0.328 e. The Kier molecular flexibility index (Phi) is 5.34. The Labute approximate surface area is 177 Å². The van der Waals surface area contributed by atoms with Crippen LogP contribution in [-0.2, 0) is 42.0 Å². The minimum absolute atomic E-state index is 0.0461. The number of nitrogens with zero attached hydrogens (tertiary/aromatic N) is 3. The van der Waals surface area contributed by atoms with Crippen molar-refractivity contribution in [2.24, 2.45) is 7.05 Å². The standard InChI is InChI=1S/C23H29N3O3S/c1-5-6-10-26-15(2)24-22-17(14-30(4,28)29)11-16(12-21(22)26)20-13-25(3)23(27)19-9-7-8-18(19)20/h11-13H,5-10,14H2,1-4H3. The smallest absolute Gasteiger partial charge is 0.253 e. The van der Waals surface area contributed by atoms with Crippen LogP contribution < -0.4 is 5.56 Å². The van der Waals surface area contributed by atoms with E-state index >= 15 is 0 Å². The van der Waals surface area contributed by atoms with Crippen molar-refractivity contribution in [2.75, 3.05) is 6.26 Å². The Bertz CT molecular complexity index is 1300. The van der Waals surface area contributed by atoms with Crippen LogP contribution in [0.3, 0.4) is 0 Å². The molecule has 0 fully saturated rings. The quantitative estimate of drug-likeness (QED) is 0.603. The van der Waals surface area contributed by atoms with Gasteiger partial charge in [-0.15, -0.1) is 0 Å². The molecule has 0 bridgehead atoms. The number of rotatable bonds is 6. The zero-order valence-corrected chi connectivity index (χ0v) is 19.0. The lowest BCUT2D eigenvalue weighted by Gasteiger charge is -2.14. The first kappa shape index (κ1) is 20.8. The van der Waals surface area contributed by atoms with Gasteiger partial charge in [0.25, 0.3) is 5.56 Å². The minimum atomic E-state index is -3.22. The van der Waals surface area contributed by atoms with Crippen LogP contribution in [-0.4, -0.2) is 28.8 Å². The van der Waals surface area contributed by atoms with Crippen molar-refractivity contribution >= 4 is 20.9 Å². The van der Waals surface area contributed by atoms with E-state index in [0.717, 1.165) is 83.3 Å². The van der Waals surface area contributed by atoms with Crippen LogP contribution in [0.4, 0.5) is 0 Å². The lowest BCUT2D eigenvalue weighted by molar-refractivity contribution is 0.601. The Morgan fingerprint density at radius 1 is 1.17 bits per heavy atom. The molecular formula is C23H29N3O3S. The van der Waals surface area contributed by atoms with Gasteiger partial charge in [-0.2, -0.15) is 0 Å². The lowest BCUT2D eigenvalue weighted by atomic mass is 9.97. The number of hydrogen-bond donors (Lipinski definition) is 0. The van der Waals surface area contributed by atoms with Gasteiger partial charge in [0, 0.05) is 37.2 Å². The highest BCUT2D eigenvalue weighted by Gasteiger charge is 2.23. The summed E-state index contributed by atoms with van der Waals surface area (Å²) in [5.41, 5.74) is 6.54. The van der Waals surface area contributed by atoms with Crippen molar-refractivity contribution in [3.8, 4) is 11.1 Å². The Balaban J connectivity index is 2.01. The number of imidazole rings is 1. The topological polar surface area (TPSA) is 74.0 Å². The Morgan fingerprint density at radius 2 is 1.90 bits per heavy atom.